The predicted molar refractivity (Wildman–Crippen MR) is 76.8 cm³/mol. The third-order valence-corrected chi connectivity index (χ3v) is 2.28. The Morgan fingerprint density at radius 1 is 0.895 bits per heavy atom. The van der Waals surface area contributed by atoms with Gasteiger partial charge in [-0.15, -0.1) is 10.2 Å². The van der Waals surface area contributed by atoms with Crippen molar-refractivity contribution in [1.82, 2.24) is 5.43 Å². The number of anilines is 1. The molecule has 0 unspecified atom stereocenters. The maximum absolute atomic E-state index is 5.02. The summed E-state index contributed by atoms with van der Waals surface area (Å²) in [7, 11) is 0. The smallest absolute Gasteiger partial charge is 0.232 e. The van der Waals surface area contributed by atoms with E-state index >= 15 is 0 Å². The van der Waals surface area contributed by atoms with Gasteiger partial charge in [0, 0.05) is 17.1 Å². The Balaban J connectivity index is 0.00000180. The van der Waals surface area contributed by atoms with Crippen molar-refractivity contribution >= 4 is 28.7 Å². The standard InChI is InChI=1S/C13H12N4S.Cu/c18-13(16-14-11-7-3-1-4-8-11)17-15-12-9-5-2-6-10-12;/h1-10,14H,(H,16,18);/b17-15+;. The second-order valence-corrected chi connectivity index (χ2v) is 3.84. The van der Waals surface area contributed by atoms with Crippen molar-refractivity contribution in [1.29, 1.82) is 0 Å². The van der Waals surface area contributed by atoms with E-state index < -0.39 is 0 Å². The molecule has 6 heteroatoms. The average Bonchev–Trinajstić information content (AvgIpc) is 2.45. The van der Waals surface area contributed by atoms with Gasteiger partial charge in [0.15, 0.2) is 0 Å². The summed E-state index contributed by atoms with van der Waals surface area (Å²) in [4.78, 5) is 0. The fraction of sp³-hybridized carbons (Fsp3) is 0. The Hall–Kier alpha value is -1.75. The number of nitrogens with one attached hydrogen (secondary N) is 2. The van der Waals surface area contributed by atoms with Crippen LogP contribution in [0, 0.1) is 0 Å². The third kappa shape index (κ3) is 5.61. The molecular formula is C13H12CuN4S. The minimum Gasteiger partial charge on any atom is -0.299 e. The molecule has 0 aliphatic heterocycles. The quantitative estimate of drug-likeness (QED) is 0.393. The number of para-hydroxylation sites is 1. The van der Waals surface area contributed by atoms with Crippen LogP contribution in [0.15, 0.2) is 70.9 Å². The second kappa shape index (κ2) is 8.37. The van der Waals surface area contributed by atoms with E-state index in [0.717, 1.165) is 11.4 Å². The molecule has 4 nitrogen and oxygen atoms in total. The Morgan fingerprint density at radius 3 is 2.11 bits per heavy atom. The first-order valence-corrected chi connectivity index (χ1v) is 5.83. The fourth-order valence-corrected chi connectivity index (χ4v) is 1.36. The van der Waals surface area contributed by atoms with Crippen LogP contribution in [-0.4, -0.2) is 5.11 Å². The molecule has 0 aromatic heterocycles. The molecule has 101 valence electrons. The number of azo groups is 1. The molecule has 0 atom stereocenters. The van der Waals surface area contributed by atoms with Crippen molar-refractivity contribution in [2.45, 2.75) is 0 Å². The molecule has 0 aliphatic carbocycles. The molecule has 2 aromatic rings. The van der Waals surface area contributed by atoms with Crippen molar-refractivity contribution in [3.05, 3.63) is 60.7 Å². The van der Waals surface area contributed by atoms with Crippen LogP contribution in [0.2, 0.25) is 0 Å². The van der Waals surface area contributed by atoms with Crippen LogP contribution >= 0.6 is 12.2 Å². The minimum atomic E-state index is 0. The van der Waals surface area contributed by atoms with Crippen LogP contribution in [0.4, 0.5) is 11.4 Å². The first-order valence-electron chi connectivity index (χ1n) is 5.42. The van der Waals surface area contributed by atoms with Gasteiger partial charge in [-0.25, -0.2) is 0 Å². The van der Waals surface area contributed by atoms with E-state index in [0.29, 0.717) is 0 Å². The second-order valence-electron chi connectivity index (χ2n) is 3.46. The summed E-state index contributed by atoms with van der Waals surface area (Å²) in [6.07, 6.45) is 0. The molecule has 0 heterocycles. The molecule has 0 amide bonds. The Morgan fingerprint density at radius 2 is 1.47 bits per heavy atom. The van der Waals surface area contributed by atoms with Crippen LogP contribution in [0.1, 0.15) is 0 Å². The van der Waals surface area contributed by atoms with Gasteiger partial charge in [0.05, 0.1) is 11.4 Å². The van der Waals surface area contributed by atoms with E-state index in [1.165, 1.54) is 0 Å². The van der Waals surface area contributed by atoms with Crippen LogP contribution in [0.3, 0.4) is 0 Å². The molecule has 2 rings (SSSR count). The molecule has 0 saturated carbocycles. The number of hydrazine groups is 1. The van der Waals surface area contributed by atoms with Crippen LogP contribution < -0.4 is 10.9 Å². The first kappa shape index (κ1) is 15.3. The Kier molecular flexibility index (Phi) is 6.74. The number of rotatable bonds is 3. The van der Waals surface area contributed by atoms with Crippen LogP contribution in [0.5, 0.6) is 0 Å². The van der Waals surface area contributed by atoms with Gasteiger partial charge in [-0.2, -0.15) is 0 Å². The molecule has 1 radical (unpaired) electrons. The maximum atomic E-state index is 5.02. The van der Waals surface area contributed by atoms with Gasteiger partial charge in [-0.3, -0.25) is 10.9 Å². The van der Waals surface area contributed by atoms with Crippen molar-refractivity contribution < 1.29 is 17.1 Å². The monoisotopic (exact) mass is 319 g/mol. The summed E-state index contributed by atoms with van der Waals surface area (Å²) < 4.78 is 0. The Bertz CT molecular complexity index is 531. The molecule has 19 heavy (non-hydrogen) atoms. The molecule has 0 saturated heterocycles. The summed E-state index contributed by atoms with van der Waals surface area (Å²) in [6, 6.07) is 19.1. The molecule has 2 aromatic carbocycles. The summed E-state index contributed by atoms with van der Waals surface area (Å²) in [5, 5.41) is 8.17. The molecular weight excluding hydrogens is 308 g/mol. The summed E-state index contributed by atoms with van der Waals surface area (Å²) in [5.74, 6) is 0. The van der Waals surface area contributed by atoms with Gasteiger partial charge in [0.2, 0.25) is 5.11 Å². The summed E-state index contributed by atoms with van der Waals surface area (Å²) >= 11 is 5.02. The van der Waals surface area contributed by atoms with Gasteiger partial charge in [0.25, 0.3) is 0 Å². The zero-order valence-corrected chi connectivity index (χ0v) is 11.6. The van der Waals surface area contributed by atoms with Crippen LogP contribution in [-0.2, 0) is 17.1 Å². The summed E-state index contributed by atoms with van der Waals surface area (Å²) in [6.45, 7) is 0. The van der Waals surface area contributed by atoms with E-state index in [4.69, 9.17) is 12.2 Å². The van der Waals surface area contributed by atoms with E-state index in [1.54, 1.807) is 0 Å². The van der Waals surface area contributed by atoms with E-state index in [-0.39, 0.29) is 22.2 Å². The van der Waals surface area contributed by atoms with Crippen molar-refractivity contribution in [2.75, 3.05) is 5.43 Å². The molecule has 0 fully saturated rings. The van der Waals surface area contributed by atoms with Crippen LogP contribution in [0.25, 0.3) is 0 Å². The van der Waals surface area contributed by atoms with E-state index in [2.05, 4.69) is 21.1 Å². The molecule has 2 N–H and O–H groups in total. The van der Waals surface area contributed by atoms with Gasteiger partial charge in [0.1, 0.15) is 0 Å². The van der Waals surface area contributed by atoms with Gasteiger partial charge in [-0.05, 0) is 36.5 Å². The number of benzene rings is 2. The normalized spacial score (nSPS) is 9.68. The number of thiocarbonyl (C=S) groups is 1. The molecule has 0 bridgehead atoms. The molecule has 0 spiro atoms. The zero-order chi connectivity index (χ0) is 12.6. The largest absolute Gasteiger partial charge is 0.299 e. The SMILES string of the molecule is S=C(/N=N/c1ccccc1)NNc1ccccc1.[Cu]. The maximum Gasteiger partial charge on any atom is 0.232 e. The van der Waals surface area contributed by atoms with E-state index in [1.807, 2.05) is 60.7 Å². The summed E-state index contributed by atoms with van der Waals surface area (Å²) in [5.41, 5.74) is 7.40. The molecule has 0 aliphatic rings. The van der Waals surface area contributed by atoms with Gasteiger partial charge >= 0.3 is 0 Å². The van der Waals surface area contributed by atoms with Crippen molar-refractivity contribution in [3.63, 3.8) is 0 Å². The van der Waals surface area contributed by atoms with Gasteiger partial charge in [-0.1, -0.05) is 36.4 Å². The minimum absolute atomic E-state index is 0. The predicted octanol–water partition coefficient (Wildman–Crippen LogP) is 3.67. The number of nitrogens with zero attached hydrogens (tertiary/aromatic N) is 2. The topological polar surface area (TPSA) is 48.8 Å². The first-order chi connectivity index (χ1) is 8.84. The number of hydrogen-bond donors (Lipinski definition) is 2. The van der Waals surface area contributed by atoms with Gasteiger partial charge < -0.3 is 0 Å². The fourth-order valence-electron chi connectivity index (χ4n) is 1.27. The number of hydrogen-bond acceptors (Lipinski definition) is 3. The Labute approximate surface area is 127 Å². The zero-order valence-electron chi connectivity index (χ0n) is 9.88. The average molecular weight is 320 g/mol. The van der Waals surface area contributed by atoms with Crippen molar-refractivity contribution in [2.24, 2.45) is 10.2 Å². The third-order valence-electron chi connectivity index (χ3n) is 2.10. The van der Waals surface area contributed by atoms with E-state index in [9.17, 15) is 0 Å². The van der Waals surface area contributed by atoms with Crippen molar-refractivity contribution in [3.8, 4) is 0 Å².